The van der Waals surface area contributed by atoms with E-state index in [0.29, 0.717) is 4.90 Å². The third-order valence-corrected chi connectivity index (χ3v) is 4.18. The molecule has 2 N–H and O–H groups in total. The fourth-order valence-corrected chi connectivity index (χ4v) is 3.16. The quantitative estimate of drug-likeness (QED) is 0.635. The van der Waals surface area contributed by atoms with Crippen molar-refractivity contribution in [1.29, 1.82) is 0 Å². The van der Waals surface area contributed by atoms with Crippen LogP contribution in [0.4, 0.5) is 25.0 Å². The van der Waals surface area contributed by atoms with Crippen molar-refractivity contribution < 1.29 is 23.6 Å². The Bertz CT molecular complexity index is 678. The summed E-state index contributed by atoms with van der Waals surface area (Å²) in [5.41, 5.74) is -1.37. The van der Waals surface area contributed by atoms with Crippen molar-refractivity contribution in [3.8, 4) is 0 Å². The van der Waals surface area contributed by atoms with E-state index < -0.39 is 53.1 Å². The second-order valence-corrected chi connectivity index (χ2v) is 7.13. The van der Waals surface area contributed by atoms with Crippen LogP contribution in [0.1, 0.15) is 27.2 Å². The van der Waals surface area contributed by atoms with Crippen LogP contribution in [0, 0.1) is 15.5 Å². The summed E-state index contributed by atoms with van der Waals surface area (Å²) in [6, 6.07) is -0.642. The zero-order valence-electron chi connectivity index (χ0n) is 14.1. The molecule has 0 spiro atoms. The topological polar surface area (TPSA) is 109 Å². The lowest BCUT2D eigenvalue weighted by molar-refractivity contribution is -0.384. The van der Waals surface area contributed by atoms with E-state index >= 15 is 0 Å². The molecular formula is C15H20F2N4O4. The van der Waals surface area contributed by atoms with Crippen LogP contribution < -0.4 is 10.2 Å². The van der Waals surface area contributed by atoms with Crippen LogP contribution >= 0.6 is 0 Å². The number of halogens is 2. The number of carbonyl (C=O) groups is 1. The van der Waals surface area contributed by atoms with Gasteiger partial charge in [0.2, 0.25) is 0 Å². The number of hydrogen-bond acceptors (Lipinski definition) is 5. The van der Waals surface area contributed by atoms with Gasteiger partial charge < -0.3 is 10.4 Å². The number of piperidine rings is 1. The van der Waals surface area contributed by atoms with E-state index in [0.717, 1.165) is 12.3 Å². The van der Waals surface area contributed by atoms with Gasteiger partial charge in [-0.25, -0.2) is 13.6 Å². The highest BCUT2D eigenvalue weighted by molar-refractivity contribution is 5.90. The molecule has 0 aromatic carbocycles. The van der Waals surface area contributed by atoms with Crippen molar-refractivity contribution in [1.82, 2.24) is 10.3 Å². The van der Waals surface area contributed by atoms with Crippen molar-refractivity contribution in [3.63, 3.8) is 0 Å². The maximum atomic E-state index is 14.0. The largest absolute Gasteiger partial charge is 0.465 e. The third-order valence-electron chi connectivity index (χ3n) is 4.18. The SMILES string of the molecule is CC(C)(C)[C@@H]1NCC(F)(F)CC1N(C(=O)O)c1ccncc1[N+](=O)[O-]. The standard InChI is InChI=1S/C15H20F2N4O4/c1-14(2,3)12-10(6-15(16,17)8-19-12)20(13(22)23)9-4-5-18-7-11(9)21(24)25/h4-5,7,10,12,19H,6,8H2,1-3H3,(H,22,23)/t10?,12-/m1/s1. The summed E-state index contributed by atoms with van der Waals surface area (Å²) >= 11 is 0. The Morgan fingerprint density at radius 3 is 2.68 bits per heavy atom. The minimum atomic E-state index is -3.12. The maximum absolute atomic E-state index is 14.0. The van der Waals surface area contributed by atoms with E-state index in [4.69, 9.17) is 0 Å². The molecule has 1 aliphatic rings. The Morgan fingerprint density at radius 1 is 1.52 bits per heavy atom. The first-order valence-electron chi connectivity index (χ1n) is 7.66. The van der Waals surface area contributed by atoms with Gasteiger partial charge in [0, 0.05) is 18.7 Å². The molecular weight excluding hydrogens is 338 g/mol. The summed E-state index contributed by atoms with van der Waals surface area (Å²) in [5.74, 6) is -3.12. The van der Waals surface area contributed by atoms with Crippen LogP contribution in [0.15, 0.2) is 18.5 Å². The minimum absolute atomic E-state index is 0.272. The van der Waals surface area contributed by atoms with E-state index in [1.54, 1.807) is 20.8 Å². The molecule has 1 aromatic rings. The number of pyridine rings is 1. The molecule has 2 heterocycles. The molecule has 25 heavy (non-hydrogen) atoms. The molecule has 1 fully saturated rings. The fourth-order valence-electron chi connectivity index (χ4n) is 3.16. The molecule has 2 rings (SSSR count). The Labute approximate surface area is 143 Å². The summed E-state index contributed by atoms with van der Waals surface area (Å²) in [4.78, 5) is 26.6. The van der Waals surface area contributed by atoms with Gasteiger partial charge >= 0.3 is 11.8 Å². The number of alkyl halides is 2. The van der Waals surface area contributed by atoms with E-state index in [1.165, 1.54) is 6.20 Å². The monoisotopic (exact) mass is 358 g/mol. The zero-order chi connectivity index (χ0) is 19.0. The van der Waals surface area contributed by atoms with E-state index in [2.05, 4.69) is 10.3 Å². The number of hydrogen-bond donors (Lipinski definition) is 2. The van der Waals surface area contributed by atoms with Crippen LogP contribution in [0.3, 0.4) is 0 Å². The molecule has 1 saturated heterocycles. The van der Waals surface area contributed by atoms with Gasteiger partial charge in [0.15, 0.2) is 0 Å². The molecule has 10 heteroatoms. The maximum Gasteiger partial charge on any atom is 0.412 e. The molecule has 0 radical (unpaired) electrons. The van der Waals surface area contributed by atoms with E-state index in [9.17, 15) is 28.8 Å². The van der Waals surface area contributed by atoms with Crippen LogP contribution in [-0.4, -0.2) is 45.7 Å². The average molecular weight is 358 g/mol. The predicted molar refractivity (Wildman–Crippen MR) is 86.0 cm³/mol. The fraction of sp³-hybridized carbons (Fsp3) is 0.600. The van der Waals surface area contributed by atoms with Crippen molar-refractivity contribution in [2.75, 3.05) is 11.4 Å². The normalized spacial score (nSPS) is 23.1. The highest BCUT2D eigenvalue weighted by Crippen LogP contribution is 2.39. The number of nitrogens with zero attached hydrogens (tertiary/aromatic N) is 3. The smallest absolute Gasteiger partial charge is 0.412 e. The first kappa shape index (κ1) is 19.0. The summed E-state index contributed by atoms with van der Waals surface area (Å²) in [6.07, 6.45) is -0.161. The van der Waals surface area contributed by atoms with E-state index in [1.807, 2.05) is 0 Å². The number of rotatable bonds is 3. The number of amides is 1. The molecule has 1 aliphatic heterocycles. The minimum Gasteiger partial charge on any atom is -0.465 e. The highest BCUT2D eigenvalue weighted by Gasteiger charge is 2.49. The summed E-state index contributed by atoms with van der Waals surface area (Å²) in [7, 11) is 0. The molecule has 1 unspecified atom stereocenters. The zero-order valence-corrected chi connectivity index (χ0v) is 14.1. The molecule has 1 amide bonds. The average Bonchev–Trinajstić information content (AvgIpc) is 2.45. The summed E-state index contributed by atoms with van der Waals surface area (Å²) in [6.45, 7) is 4.81. The predicted octanol–water partition coefficient (Wildman–Crippen LogP) is 2.89. The van der Waals surface area contributed by atoms with Crippen molar-refractivity contribution in [2.24, 2.45) is 5.41 Å². The van der Waals surface area contributed by atoms with Gasteiger partial charge in [-0.1, -0.05) is 20.8 Å². The van der Waals surface area contributed by atoms with Gasteiger partial charge in [0.05, 0.1) is 17.5 Å². The first-order chi connectivity index (χ1) is 11.4. The highest BCUT2D eigenvalue weighted by atomic mass is 19.3. The molecule has 138 valence electrons. The lowest BCUT2D eigenvalue weighted by atomic mass is 9.77. The Balaban J connectivity index is 2.57. The van der Waals surface area contributed by atoms with Gasteiger partial charge in [-0.05, 0) is 11.5 Å². The van der Waals surface area contributed by atoms with E-state index in [-0.39, 0.29) is 5.69 Å². The third kappa shape index (κ3) is 4.01. The van der Waals surface area contributed by atoms with Crippen molar-refractivity contribution in [2.45, 2.75) is 45.2 Å². The number of carboxylic acid groups (broad SMARTS) is 1. The summed E-state index contributed by atoms with van der Waals surface area (Å²) < 4.78 is 28.0. The molecule has 0 bridgehead atoms. The van der Waals surface area contributed by atoms with Gasteiger partial charge in [0.1, 0.15) is 11.9 Å². The van der Waals surface area contributed by atoms with Gasteiger partial charge in [-0.2, -0.15) is 0 Å². The van der Waals surface area contributed by atoms with Crippen LogP contribution in [0.25, 0.3) is 0 Å². The Kier molecular flexibility index (Phi) is 4.94. The van der Waals surface area contributed by atoms with Gasteiger partial charge in [0.25, 0.3) is 5.92 Å². The van der Waals surface area contributed by atoms with Crippen LogP contribution in [-0.2, 0) is 0 Å². The van der Waals surface area contributed by atoms with Gasteiger partial charge in [-0.3, -0.25) is 20.0 Å². The van der Waals surface area contributed by atoms with Gasteiger partial charge in [-0.15, -0.1) is 0 Å². The van der Waals surface area contributed by atoms with Crippen molar-refractivity contribution >= 4 is 17.5 Å². The van der Waals surface area contributed by atoms with Crippen molar-refractivity contribution in [3.05, 3.63) is 28.6 Å². The number of nitrogens with one attached hydrogen (secondary N) is 1. The number of anilines is 1. The lowest BCUT2D eigenvalue weighted by Crippen LogP contribution is -2.64. The molecule has 8 nitrogen and oxygen atoms in total. The van der Waals surface area contributed by atoms with Crippen LogP contribution in [0.2, 0.25) is 0 Å². The summed E-state index contributed by atoms with van der Waals surface area (Å²) in [5, 5.41) is 23.6. The number of nitro groups is 1. The molecule has 0 aliphatic carbocycles. The van der Waals surface area contributed by atoms with Crippen LogP contribution in [0.5, 0.6) is 0 Å². The molecule has 1 aromatic heterocycles. The second kappa shape index (κ2) is 6.51. The first-order valence-corrected chi connectivity index (χ1v) is 7.66. The lowest BCUT2D eigenvalue weighted by Gasteiger charge is -2.46. The Hall–Kier alpha value is -2.36. The molecule has 0 saturated carbocycles. The molecule has 2 atom stereocenters. The number of aromatic nitrogens is 1. The second-order valence-electron chi connectivity index (χ2n) is 7.13. The Morgan fingerprint density at radius 2 is 2.16 bits per heavy atom.